The van der Waals surface area contributed by atoms with Gasteiger partial charge >= 0.3 is 0 Å². The maximum atomic E-state index is 3.80. The largest absolute Gasteiger partial charge is 0.301 e. The van der Waals surface area contributed by atoms with Crippen LogP contribution in [0.25, 0.3) is 0 Å². The Labute approximate surface area is 113 Å². The van der Waals surface area contributed by atoms with E-state index in [4.69, 9.17) is 0 Å². The molecule has 1 saturated carbocycles. The lowest BCUT2D eigenvalue weighted by Gasteiger charge is -2.38. The van der Waals surface area contributed by atoms with Crippen molar-refractivity contribution in [3.63, 3.8) is 0 Å². The SMILES string of the molecule is BrCC1(CN2CCSCC2)CCCCCC1. The average molecular weight is 306 g/mol. The molecule has 2 aliphatic rings. The van der Waals surface area contributed by atoms with Gasteiger partial charge in [0.25, 0.3) is 0 Å². The Kier molecular flexibility index (Phi) is 5.50. The molecule has 1 aliphatic heterocycles. The van der Waals surface area contributed by atoms with Crippen LogP contribution in [0.4, 0.5) is 0 Å². The predicted octanol–water partition coefficient (Wildman–Crippen LogP) is 3.77. The Hall–Kier alpha value is 0.790. The fourth-order valence-electron chi connectivity index (χ4n) is 3.05. The number of nitrogens with zero attached hydrogens (tertiary/aromatic N) is 1. The molecule has 1 aliphatic carbocycles. The second kappa shape index (κ2) is 6.65. The van der Waals surface area contributed by atoms with Crippen molar-refractivity contribution >= 4 is 27.7 Å². The van der Waals surface area contributed by atoms with Crippen LogP contribution in [0, 0.1) is 5.41 Å². The van der Waals surface area contributed by atoms with E-state index in [-0.39, 0.29) is 0 Å². The minimum absolute atomic E-state index is 0.596. The molecule has 0 aromatic carbocycles. The van der Waals surface area contributed by atoms with Gasteiger partial charge in [-0.1, -0.05) is 41.6 Å². The Morgan fingerprint density at radius 2 is 1.62 bits per heavy atom. The molecule has 1 nitrogen and oxygen atoms in total. The van der Waals surface area contributed by atoms with Crippen molar-refractivity contribution in [2.24, 2.45) is 5.41 Å². The monoisotopic (exact) mass is 305 g/mol. The molecule has 94 valence electrons. The molecule has 3 heteroatoms. The molecule has 0 unspecified atom stereocenters. The van der Waals surface area contributed by atoms with E-state index >= 15 is 0 Å². The summed E-state index contributed by atoms with van der Waals surface area (Å²) in [5.74, 6) is 2.69. The Bertz CT molecular complexity index is 196. The zero-order valence-electron chi connectivity index (χ0n) is 10.2. The second-order valence-electron chi connectivity index (χ2n) is 5.44. The highest BCUT2D eigenvalue weighted by atomic mass is 79.9. The zero-order chi connectivity index (χ0) is 11.3. The van der Waals surface area contributed by atoms with Gasteiger partial charge in [0, 0.05) is 36.5 Å². The van der Waals surface area contributed by atoms with E-state index in [0.717, 1.165) is 0 Å². The second-order valence-corrected chi connectivity index (χ2v) is 7.22. The van der Waals surface area contributed by atoms with E-state index in [1.165, 1.54) is 75.0 Å². The lowest BCUT2D eigenvalue weighted by molar-refractivity contribution is 0.162. The third kappa shape index (κ3) is 3.64. The Morgan fingerprint density at radius 3 is 2.19 bits per heavy atom. The molecule has 16 heavy (non-hydrogen) atoms. The maximum Gasteiger partial charge on any atom is 0.0100 e. The van der Waals surface area contributed by atoms with Crippen molar-refractivity contribution in [2.45, 2.75) is 38.5 Å². The van der Waals surface area contributed by atoms with Crippen molar-refractivity contribution < 1.29 is 0 Å². The molecule has 0 amide bonds. The van der Waals surface area contributed by atoms with Crippen molar-refractivity contribution in [1.82, 2.24) is 4.90 Å². The van der Waals surface area contributed by atoms with E-state index in [0.29, 0.717) is 5.41 Å². The maximum absolute atomic E-state index is 3.80. The van der Waals surface area contributed by atoms with E-state index in [9.17, 15) is 0 Å². The first kappa shape index (κ1) is 13.2. The summed E-state index contributed by atoms with van der Waals surface area (Å²) in [6, 6.07) is 0. The van der Waals surface area contributed by atoms with Gasteiger partial charge < -0.3 is 4.90 Å². The molecule has 1 saturated heterocycles. The van der Waals surface area contributed by atoms with Gasteiger partial charge in [0.2, 0.25) is 0 Å². The van der Waals surface area contributed by atoms with Crippen LogP contribution in [-0.2, 0) is 0 Å². The van der Waals surface area contributed by atoms with Crippen LogP contribution in [0.5, 0.6) is 0 Å². The van der Waals surface area contributed by atoms with Crippen LogP contribution in [0.2, 0.25) is 0 Å². The number of thioether (sulfide) groups is 1. The summed E-state index contributed by atoms with van der Waals surface area (Å²) in [6.07, 6.45) is 8.72. The minimum atomic E-state index is 0.596. The normalized spacial score (nSPS) is 27.6. The molecule has 0 spiro atoms. The smallest absolute Gasteiger partial charge is 0.0100 e. The fourth-order valence-corrected chi connectivity index (χ4v) is 4.76. The molecule has 0 aromatic rings. The van der Waals surface area contributed by atoms with E-state index in [2.05, 4.69) is 32.6 Å². The first-order valence-corrected chi connectivity index (χ1v) is 8.98. The van der Waals surface area contributed by atoms with Crippen LogP contribution in [0.1, 0.15) is 38.5 Å². The average Bonchev–Trinajstić information content (AvgIpc) is 2.57. The molecule has 0 bridgehead atoms. The van der Waals surface area contributed by atoms with Crippen LogP contribution >= 0.6 is 27.7 Å². The predicted molar refractivity (Wildman–Crippen MR) is 77.7 cm³/mol. The van der Waals surface area contributed by atoms with Crippen LogP contribution in [0.15, 0.2) is 0 Å². The molecular formula is C13H24BrNS. The van der Waals surface area contributed by atoms with Gasteiger partial charge in [-0.25, -0.2) is 0 Å². The minimum Gasteiger partial charge on any atom is -0.301 e. The van der Waals surface area contributed by atoms with Crippen molar-refractivity contribution in [3.8, 4) is 0 Å². The van der Waals surface area contributed by atoms with Crippen LogP contribution in [-0.4, -0.2) is 41.4 Å². The summed E-state index contributed by atoms with van der Waals surface area (Å²) in [4.78, 5) is 2.71. The summed E-state index contributed by atoms with van der Waals surface area (Å²) in [5.41, 5.74) is 0.596. The first-order chi connectivity index (χ1) is 7.85. The molecule has 0 N–H and O–H groups in total. The van der Waals surface area contributed by atoms with Gasteiger partial charge in [-0.15, -0.1) is 0 Å². The van der Waals surface area contributed by atoms with Crippen molar-refractivity contribution in [1.29, 1.82) is 0 Å². The number of hydrogen-bond acceptors (Lipinski definition) is 2. The standard InChI is InChI=1S/C13H24BrNS/c14-11-13(5-3-1-2-4-6-13)12-15-7-9-16-10-8-15/h1-12H2. The summed E-state index contributed by atoms with van der Waals surface area (Å²) < 4.78 is 0. The molecule has 0 radical (unpaired) electrons. The molecule has 1 heterocycles. The van der Waals surface area contributed by atoms with Gasteiger partial charge in [-0.05, 0) is 18.3 Å². The third-order valence-corrected chi connectivity index (χ3v) is 6.24. The van der Waals surface area contributed by atoms with E-state index < -0.39 is 0 Å². The first-order valence-electron chi connectivity index (χ1n) is 6.71. The quantitative estimate of drug-likeness (QED) is 0.577. The van der Waals surface area contributed by atoms with E-state index in [1.54, 1.807) is 0 Å². The lowest BCUT2D eigenvalue weighted by Crippen LogP contribution is -2.42. The third-order valence-electron chi connectivity index (χ3n) is 4.11. The van der Waals surface area contributed by atoms with Gasteiger partial charge in [-0.2, -0.15) is 11.8 Å². The van der Waals surface area contributed by atoms with Gasteiger partial charge in [0.15, 0.2) is 0 Å². The Balaban J connectivity index is 1.90. The fraction of sp³-hybridized carbons (Fsp3) is 1.00. The molecule has 0 aromatic heterocycles. The number of alkyl halides is 1. The lowest BCUT2D eigenvalue weighted by atomic mass is 9.82. The van der Waals surface area contributed by atoms with Crippen LogP contribution < -0.4 is 0 Å². The summed E-state index contributed by atoms with van der Waals surface area (Å²) >= 11 is 5.92. The topological polar surface area (TPSA) is 3.24 Å². The highest BCUT2D eigenvalue weighted by Crippen LogP contribution is 2.37. The van der Waals surface area contributed by atoms with Gasteiger partial charge in [0.1, 0.15) is 0 Å². The van der Waals surface area contributed by atoms with Gasteiger partial charge in [-0.3, -0.25) is 0 Å². The van der Waals surface area contributed by atoms with Crippen molar-refractivity contribution in [2.75, 3.05) is 36.5 Å². The number of halogens is 1. The van der Waals surface area contributed by atoms with E-state index in [1.807, 2.05) is 0 Å². The summed E-state index contributed by atoms with van der Waals surface area (Å²) in [7, 11) is 0. The molecule has 2 rings (SSSR count). The molecule has 2 fully saturated rings. The number of hydrogen-bond donors (Lipinski definition) is 0. The number of rotatable bonds is 3. The van der Waals surface area contributed by atoms with Gasteiger partial charge in [0.05, 0.1) is 0 Å². The Morgan fingerprint density at radius 1 is 1.00 bits per heavy atom. The highest BCUT2D eigenvalue weighted by Gasteiger charge is 2.32. The molecular weight excluding hydrogens is 282 g/mol. The summed E-state index contributed by atoms with van der Waals surface area (Å²) in [5, 5.41) is 1.21. The molecule has 0 atom stereocenters. The zero-order valence-corrected chi connectivity index (χ0v) is 12.6. The van der Waals surface area contributed by atoms with Crippen molar-refractivity contribution in [3.05, 3.63) is 0 Å². The summed E-state index contributed by atoms with van der Waals surface area (Å²) in [6.45, 7) is 3.98. The van der Waals surface area contributed by atoms with Crippen LogP contribution in [0.3, 0.4) is 0 Å². The highest BCUT2D eigenvalue weighted by molar-refractivity contribution is 9.09.